The van der Waals surface area contributed by atoms with E-state index in [1.54, 1.807) is 0 Å². The highest BCUT2D eigenvalue weighted by Gasteiger charge is 2.27. The molecule has 128 valence electrons. The molecule has 1 aliphatic rings. The fourth-order valence-electron chi connectivity index (χ4n) is 3.19. The number of benzene rings is 1. The summed E-state index contributed by atoms with van der Waals surface area (Å²) >= 11 is 0. The van der Waals surface area contributed by atoms with Crippen molar-refractivity contribution >= 4 is 5.91 Å². The van der Waals surface area contributed by atoms with E-state index in [-0.39, 0.29) is 18.4 Å². The van der Waals surface area contributed by atoms with Gasteiger partial charge in [0.25, 0.3) is 0 Å². The smallest absolute Gasteiger partial charge is 0.246 e. The number of carbonyl (C=O) groups excluding carboxylic acids is 1. The monoisotopic (exact) mass is 337 g/mol. The van der Waals surface area contributed by atoms with Gasteiger partial charge in [-0.25, -0.2) is 4.98 Å². The Kier molecular flexibility index (Phi) is 4.05. The lowest BCUT2D eigenvalue weighted by Gasteiger charge is -2.20. The molecule has 1 unspecified atom stereocenters. The van der Waals surface area contributed by atoms with E-state index in [0.717, 1.165) is 35.6 Å². The number of H-pyrrole nitrogens is 1. The quantitative estimate of drug-likeness (QED) is 0.761. The Balaban J connectivity index is 1.36. The summed E-state index contributed by atoms with van der Waals surface area (Å²) in [6.07, 6.45) is 2.33. The molecule has 7 nitrogen and oxygen atoms in total. The highest BCUT2D eigenvalue weighted by Crippen LogP contribution is 2.24. The van der Waals surface area contributed by atoms with E-state index in [0.29, 0.717) is 18.1 Å². The van der Waals surface area contributed by atoms with Gasteiger partial charge in [0.1, 0.15) is 5.82 Å². The minimum atomic E-state index is -0.0520. The molecule has 2 aromatic heterocycles. The molecule has 7 heteroatoms. The average molecular weight is 337 g/mol. The van der Waals surface area contributed by atoms with Crippen LogP contribution in [0.2, 0.25) is 0 Å². The summed E-state index contributed by atoms with van der Waals surface area (Å²) in [4.78, 5) is 24.5. The number of hydrogen-bond donors (Lipinski definition) is 2. The zero-order valence-corrected chi connectivity index (χ0v) is 14.0. The van der Waals surface area contributed by atoms with Gasteiger partial charge in [0, 0.05) is 23.6 Å². The maximum atomic E-state index is 12.4. The number of rotatable bonds is 4. The molecule has 0 radical (unpaired) electrons. The van der Waals surface area contributed by atoms with E-state index < -0.39 is 0 Å². The Labute approximate surface area is 144 Å². The molecule has 2 heterocycles. The van der Waals surface area contributed by atoms with Gasteiger partial charge >= 0.3 is 0 Å². The molecule has 0 aliphatic heterocycles. The third-order valence-corrected chi connectivity index (χ3v) is 4.45. The standard InChI is InChI=1S/C18H19N5O2/c1-11-20-14-8-7-13(9-15(14)21-11)18(24)19-10-16-22-17(23-25-16)12-5-3-2-4-6-12/h2-6,13H,7-10H2,1H3,(H,19,24)(H,20,21). The van der Waals surface area contributed by atoms with Crippen LogP contribution in [0.1, 0.15) is 29.5 Å². The number of fused-ring (bicyclic) bond motifs is 1. The van der Waals surface area contributed by atoms with Crippen molar-refractivity contribution < 1.29 is 9.32 Å². The maximum absolute atomic E-state index is 12.4. The first-order chi connectivity index (χ1) is 12.2. The van der Waals surface area contributed by atoms with Crippen LogP contribution in [0.5, 0.6) is 0 Å². The molecule has 0 saturated carbocycles. The Morgan fingerprint density at radius 1 is 1.32 bits per heavy atom. The molecule has 0 spiro atoms. The molecule has 0 bridgehead atoms. The minimum Gasteiger partial charge on any atom is -0.347 e. The van der Waals surface area contributed by atoms with Crippen molar-refractivity contribution in [2.75, 3.05) is 0 Å². The molecule has 1 amide bonds. The molecule has 0 fully saturated rings. The lowest BCUT2D eigenvalue weighted by atomic mass is 9.89. The molecule has 2 N–H and O–H groups in total. The van der Waals surface area contributed by atoms with Crippen LogP contribution in [0.4, 0.5) is 0 Å². The van der Waals surface area contributed by atoms with Crippen molar-refractivity contribution in [3.8, 4) is 11.4 Å². The van der Waals surface area contributed by atoms with Crippen LogP contribution in [-0.4, -0.2) is 26.0 Å². The number of aryl methyl sites for hydroxylation is 2. The molecule has 25 heavy (non-hydrogen) atoms. The number of aromatic nitrogens is 4. The molecular weight excluding hydrogens is 318 g/mol. The van der Waals surface area contributed by atoms with Crippen molar-refractivity contribution in [3.05, 3.63) is 53.4 Å². The van der Waals surface area contributed by atoms with Crippen LogP contribution in [0.15, 0.2) is 34.9 Å². The lowest BCUT2D eigenvalue weighted by molar-refractivity contribution is -0.125. The summed E-state index contributed by atoms with van der Waals surface area (Å²) in [6.45, 7) is 2.18. The van der Waals surface area contributed by atoms with Crippen molar-refractivity contribution in [2.24, 2.45) is 5.92 Å². The van der Waals surface area contributed by atoms with E-state index in [1.807, 2.05) is 37.3 Å². The van der Waals surface area contributed by atoms with E-state index in [9.17, 15) is 4.79 Å². The fraction of sp³-hybridized carbons (Fsp3) is 0.333. The molecule has 3 aromatic rings. The number of imidazole rings is 1. The van der Waals surface area contributed by atoms with Gasteiger partial charge in [-0.1, -0.05) is 35.5 Å². The Bertz CT molecular complexity index is 884. The highest BCUT2D eigenvalue weighted by molar-refractivity contribution is 5.79. The summed E-state index contributed by atoms with van der Waals surface area (Å²) in [7, 11) is 0. The van der Waals surface area contributed by atoms with Crippen molar-refractivity contribution in [2.45, 2.75) is 32.7 Å². The molecular formula is C18H19N5O2. The van der Waals surface area contributed by atoms with Gasteiger partial charge in [-0.3, -0.25) is 4.79 Å². The van der Waals surface area contributed by atoms with E-state index in [2.05, 4.69) is 25.4 Å². The summed E-state index contributed by atoms with van der Waals surface area (Å²) < 4.78 is 5.22. The predicted molar refractivity (Wildman–Crippen MR) is 90.4 cm³/mol. The second kappa shape index (κ2) is 6.51. The van der Waals surface area contributed by atoms with Gasteiger partial charge in [-0.05, 0) is 19.8 Å². The first-order valence-corrected chi connectivity index (χ1v) is 8.39. The van der Waals surface area contributed by atoms with E-state index >= 15 is 0 Å². The summed E-state index contributed by atoms with van der Waals surface area (Å²) in [5.74, 6) is 1.80. The number of amides is 1. The third-order valence-electron chi connectivity index (χ3n) is 4.45. The van der Waals surface area contributed by atoms with Crippen LogP contribution in [0.25, 0.3) is 11.4 Å². The van der Waals surface area contributed by atoms with Crippen LogP contribution in [0.3, 0.4) is 0 Å². The van der Waals surface area contributed by atoms with Gasteiger partial charge in [-0.15, -0.1) is 0 Å². The largest absolute Gasteiger partial charge is 0.347 e. The number of carbonyl (C=O) groups is 1. The third kappa shape index (κ3) is 3.31. The van der Waals surface area contributed by atoms with Crippen LogP contribution in [-0.2, 0) is 24.2 Å². The second-order valence-electron chi connectivity index (χ2n) is 6.28. The first-order valence-electron chi connectivity index (χ1n) is 8.39. The SMILES string of the molecule is Cc1nc2c([nH]1)CC(C(=O)NCc1nc(-c3ccccc3)no1)CC2. The predicted octanol–water partition coefficient (Wildman–Crippen LogP) is 2.19. The molecule has 4 rings (SSSR count). The van der Waals surface area contributed by atoms with Crippen molar-refractivity contribution in [1.82, 2.24) is 25.4 Å². The van der Waals surface area contributed by atoms with Crippen LogP contribution >= 0.6 is 0 Å². The lowest BCUT2D eigenvalue weighted by Crippen LogP contribution is -2.33. The van der Waals surface area contributed by atoms with Gasteiger partial charge < -0.3 is 14.8 Å². The number of nitrogens with one attached hydrogen (secondary N) is 2. The zero-order chi connectivity index (χ0) is 17.2. The number of hydrogen-bond acceptors (Lipinski definition) is 5. The number of aromatic amines is 1. The second-order valence-corrected chi connectivity index (χ2v) is 6.28. The van der Waals surface area contributed by atoms with Gasteiger partial charge in [0.15, 0.2) is 0 Å². The summed E-state index contributed by atoms with van der Waals surface area (Å²) in [6, 6.07) is 9.60. The summed E-state index contributed by atoms with van der Waals surface area (Å²) in [5.41, 5.74) is 3.05. The molecule has 1 atom stereocenters. The Hall–Kier alpha value is -2.96. The molecule has 1 aliphatic carbocycles. The molecule has 0 saturated heterocycles. The molecule has 1 aromatic carbocycles. The average Bonchev–Trinajstić information content (AvgIpc) is 3.25. The van der Waals surface area contributed by atoms with E-state index in [1.165, 1.54) is 0 Å². The van der Waals surface area contributed by atoms with Gasteiger partial charge in [-0.2, -0.15) is 4.98 Å². The minimum absolute atomic E-state index is 0.0114. The van der Waals surface area contributed by atoms with Gasteiger partial charge in [0.05, 0.1) is 12.2 Å². The van der Waals surface area contributed by atoms with Crippen LogP contribution in [0, 0.1) is 12.8 Å². The summed E-state index contributed by atoms with van der Waals surface area (Å²) in [5, 5.41) is 6.86. The maximum Gasteiger partial charge on any atom is 0.246 e. The van der Waals surface area contributed by atoms with Crippen LogP contribution < -0.4 is 5.32 Å². The fourth-order valence-corrected chi connectivity index (χ4v) is 3.19. The first kappa shape index (κ1) is 15.6. The highest BCUT2D eigenvalue weighted by atomic mass is 16.5. The van der Waals surface area contributed by atoms with Crippen molar-refractivity contribution in [1.29, 1.82) is 0 Å². The Morgan fingerprint density at radius 2 is 2.16 bits per heavy atom. The topological polar surface area (TPSA) is 96.7 Å². The normalized spacial score (nSPS) is 16.4. The van der Waals surface area contributed by atoms with Crippen molar-refractivity contribution in [3.63, 3.8) is 0 Å². The van der Waals surface area contributed by atoms with Gasteiger partial charge in [0.2, 0.25) is 17.6 Å². The zero-order valence-electron chi connectivity index (χ0n) is 14.0. The number of nitrogens with zero attached hydrogens (tertiary/aromatic N) is 3. The Morgan fingerprint density at radius 3 is 3.00 bits per heavy atom. The van der Waals surface area contributed by atoms with E-state index in [4.69, 9.17) is 4.52 Å².